The molecule has 6 nitrogen and oxygen atoms in total. The number of carbonyl (C=O) groups excluding carboxylic acids is 1. The fourth-order valence-corrected chi connectivity index (χ4v) is 3.13. The summed E-state index contributed by atoms with van der Waals surface area (Å²) in [5.74, 6) is 0.999. The number of amides is 1. The number of carbonyl (C=O) groups is 1. The van der Waals surface area contributed by atoms with E-state index in [1.807, 2.05) is 13.8 Å². The fraction of sp³-hybridized carbons (Fsp3) is 0.450. The second-order valence-corrected chi connectivity index (χ2v) is 7.37. The van der Waals surface area contributed by atoms with Crippen molar-refractivity contribution in [3.63, 3.8) is 0 Å². The van der Waals surface area contributed by atoms with Crippen molar-refractivity contribution in [2.24, 2.45) is 0 Å². The molecule has 1 aliphatic rings. The van der Waals surface area contributed by atoms with Gasteiger partial charge >= 0.3 is 0 Å². The molecule has 0 atom stereocenters. The van der Waals surface area contributed by atoms with Crippen molar-refractivity contribution in [2.45, 2.75) is 57.8 Å². The summed E-state index contributed by atoms with van der Waals surface area (Å²) in [6.45, 7) is 3.87. The summed E-state index contributed by atoms with van der Waals surface area (Å²) in [5.41, 5.74) is 0.537. The van der Waals surface area contributed by atoms with Gasteiger partial charge in [-0.2, -0.15) is 0 Å². The van der Waals surface area contributed by atoms with Gasteiger partial charge in [0.2, 0.25) is 11.8 Å². The van der Waals surface area contributed by atoms with Gasteiger partial charge in [-0.15, -0.1) is 0 Å². The van der Waals surface area contributed by atoms with Crippen LogP contribution in [0, 0.1) is 0 Å². The van der Waals surface area contributed by atoms with Gasteiger partial charge in [-0.25, -0.2) is 9.97 Å². The second kappa shape index (κ2) is 9.04. The van der Waals surface area contributed by atoms with Crippen molar-refractivity contribution < 1.29 is 14.3 Å². The monoisotopic (exact) mass is 389 g/mol. The lowest BCUT2D eigenvalue weighted by Gasteiger charge is -2.29. The van der Waals surface area contributed by atoms with Gasteiger partial charge in [-0.1, -0.05) is 11.6 Å². The van der Waals surface area contributed by atoms with Gasteiger partial charge in [-0.3, -0.25) is 4.79 Å². The molecule has 0 saturated heterocycles. The number of pyridine rings is 2. The van der Waals surface area contributed by atoms with E-state index in [2.05, 4.69) is 15.3 Å². The van der Waals surface area contributed by atoms with E-state index in [9.17, 15) is 4.79 Å². The third kappa shape index (κ3) is 5.82. The summed E-state index contributed by atoms with van der Waals surface area (Å²) in [4.78, 5) is 20.7. The molecule has 3 rings (SSSR count). The molecule has 27 heavy (non-hydrogen) atoms. The smallest absolute Gasteiger partial charge is 0.253 e. The predicted molar refractivity (Wildman–Crippen MR) is 103 cm³/mol. The quantitative estimate of drug-likeness (QED) is 0.807. The summed E-state index contributed by atoms with van der Waals surface area (Å²) in [5, 5.41) is 3.67. The Bertz CT molecular complexity index is 742. The zero-order valence-electron chi connectivity index (χ0n) is 15.5. The van der Waals surface area contributed by atoms with Crippen LogP contribution in [0.5, 0.6) is 11.8 Å². The van der Waals surface area contributed by atoms with Crippen LogP contribution in [0.2, 0.25) is 5.02 Å². The molecule has 7 heteroatoms. The van der Waals surface area contributed by atoms with Crippen LogP contribution in [0.1, 0.15) is 49.9 Å². The van der Waals surface area contributed by atoms with Crippen LogP contribution in [0.3, 0.4) is 0 Å². The van der Waals surface area contributed by atoms with Crippen LogP contribution in [0.4, 0.5) is 0 Å². The van der Waals surface area contributed by atoms with Crippen LogP contribution < -0.4 is 14.8 Å². The number of aromatic nitrogens is 2. The highest BCUT2D eigenvalue weighted by Crippen LogP contribution is 2.24. The van der Waals surface area contributed by atoms with Crippen LogP contribution in [0.25, 0.3) is 0 Å². The third-order valence-corrected chi connectivity index (χ3v) is 4.58. The molecule has 144 valence electrons. The molecule has 2 aromatic rings. The molecule has 0 bridgehead atoms. The molecule has 2 aromatic heterocycles. The standard InChI is InChI=1S/C20H24ClN3O3/c1-13(2)26-18-9-3-14(11-22-18)20(25)24-16-5-7-17(8-6-16)27-19-10-4-15(21)12-23-19/h3-4,9-13,16-17H,5-8H2,1-2H3,(H,24,25). The number of ether oxygens (including phenoxy) is 2. The molecule has 1 saturated carbocycles. The van der Waals surface area contributed by atoms with Gasteiger partial charge < -0.3 is 14.8 Å². The molecule has 0 aromatic carbocycles. The van der Waals surface area contributed by atoms with Crippen molar-refractivity contribution in [3.05, 3.63) is 47.2 Å². The molecule has 1 amide bonds. The van der Waals surface area contributed by atoms with Crippen LogP contribution in [-0.2, 0) is 0 Å². The lowest BCUT2D eigenvalue weighted by atomic mass is 9.92. The van der Waals surface area contributed by atoms with E-state index in [0.29, 0.717) is 22.3 Å². The van der Waals surface area contributed by atoms with Gasteiger partial charge in [0.05, 0.1) is 16.7 Å². The Kier molecular flexibility index (Phi) is 6.50. The summed E-state index contributed by atoms with van der Waals surface area (Å²) < 4.78 is 11.4. The maximum Gasteiger partial charge on any atom is 0.253 e. The number of rotatable bonds is 6. The lowest BCUT2D eigenvalue weighted by molar-refractivity contribution is 0.0889. The molecule has 1 N–H and O–H groups in total. The normalized spacial score (nSPS) is 19.6. The largest absolute Gasteiger partial charge is 0.475 e. The van der Waals surface area contributed by atoms with Gasteiger partial charge in [-0.05, 0) is 51.7 Å². The van der Waals surface area contributed by atoms with E-state index in [0.717, 1.165) is 25.7 Å². The SMILES string of the molecule is CC(C)Oc1ccc(C(=O)NC2CCC(Oc3ccc(Cl)cn3)CC2)cn1. The minimum atomic E-state index is -0.109. The number of nitrogens with one attached hydrogen (secondary N) is 1. The predicted octanol–water partition coefficient (Wildman–Crippen LogP) is 4.04. The number of hydrogen-bond acceptors (Lipinski definition) is 5. The summed E-state index contributed by atoms with van der Waals surface area (Å²) in [6.07, 6.45) is 6.77. The Morgan fingerprint density at radius 3 is 2.37 bits per heavy atom. The first kappa shape index (κ1) is 19.4. The minimum Gasteiger partial charge on any atom is -0.475 e. The maximum atomic E-state index is 12.4. The molecule has 0 radical (unpaired) electrons. The van der Waals surface area contributed by atoms with Crippen molar-refractivity contribution >= 4 is 17.5 Å². The van der Waals surface area contributed by atoms with Crippen LogP contribution in [0.15, 0.2) is 36.7 Å². The van der Waals surface area contributed by atoms with E-state index < -0.39 is 0 Å². The van der Waals surface area contributed by atoms with E-state index >= 15 is 0 Å². The number of nitrogens with zero attached hydrogens (tertiary/aromatic N) is 2. The van der Waals surface area contributed by atoms with Gasteiger partial charge in [0, 0.05) is 30.6 Å². The fourth-order valence-electron chi connectivity index (χ4n) is 3.02. The number of hydrogen-bond donors (Lipinski definition) is 1. The average molecular weight is 390 g/mol. The zero-order chi connectivity index (χ0) is 19.2. The van der Waals surface area contributed by atoms with E-state index in [-0.39, 0.29) is 24.2 Å². The van der Waals surface area contributed by atoms with Crippen molar-refractivity contribution in [1.29, 1.82) is 0 Å². The molecular weight excluding hydrogens is 366 g/mol. The first-order chi connectivity index (χ1) is 13.0. The van der Waals surface area contributed by atoms with Crippen molar-refractivity contribution in [2.75, 3.05) is 0 Å². The molecule has 1 fully saturated rings. The molecular formula is C20H24ClN3O3. The topological polar surface area (TPSA) is 73.3 Å². The summed E-state index contributed by atoms with van der Waals surface area (Å²) >= 11 is 5.83. The Labute approximate surface area is 164 Å². The van der Waals surface area contributed by atoms with Crippen LogP contribution in [-0.4, -0.2) is 34.1 Å². The maximum absolute atomic E-state index is 12.4. The zero-order valence-corrected chi connectivity index (χ0v) is 16.3. The van der Waals surface area contributed by atoms with E-state index in [4.69, 9.17) is 21.1 Å². The highest BCUT2D eigenvalue weighted by molar-refractivity contribution is 6.30. The first-order valence-electron chi connectivity index (χ1n) is 9.21. The number of halogens is 1. The third-order valence-electron chi connectivity index (χ3n) is 4.35. The van der Waals surface area contributed by atoms with Gasteiger partial charge in [0.1, 0.15) is 6.10 Å². The average Bonchev–Trinajstić information content (AvgIpc) is 2.65. The Morgan fingerprint density at radius 1 is 1.07 bits per heavy atom. The van der Waals surface area contributed by atoms with Gasteiger partial charge in [0.15, 0.2) is 0 Å². The highest BCUT2D eigenvalue weighted by atomic mass is 35.5. The summed E-state index contributed by atoms with van der Waals surface area (Å²) in [7, 11) is 0. The molecule has 0 spiro atoms. The van der Waals surface area contributed by atoms with E-state index in [1.54, 1.807) is 36.7 Å². The van der Waals surface area contributed by atoms with Crippen LogP contribution >= 0.6 is 11.6 Å². The Hall–Kier alpha value is -2.34. The van der Waals surface area contributed by atoms with Gasteiger partial charge in [0.25, 0.3) is 5.91 Å². The first-order valence-corrected chi connectivity index (χ1v) is 9.59. The van der Waals surface area contributed by atoms with E-state index in [1.165, 1.54) is 0 Å². The molecule has 2 heterocycles. The summed E-state index contributed by atoms with van der Waals surface area (Å²) in [6, 6.07) is 7.14. The molecule has 1 aliphatic carbocycles. The Morgan fingerprint density at radius 2 is 1.78 bits per heavy atom. The lowest BCUT2D eigenvalue weighted by Crippen LogP contribution is -2.39. The van der Waals surface area contributed by atoms with Crippen molar-refractivity contribution in [3.8, 4) is 11.8 Å². The minimum absolute atomic E-state index is 0.0534. The molecule has 0 unspecified atom stereocenters. The van der Waals surface area contributed by atoms with Crippen molar-refractivity contribution in [1.82, 2.24) is 15.3 Å². The highest BCUT2D eigenvalue weighted by Gasteiger charge is 2.24. The Balaban J connectivity index is 1.45. The second-order valence-electron chi connectivity index (χ2n) is 6.93. The molecule has 0 aliphatic heterocycles.